The van der Waals surface area contributed by atoms with Gasteiger partial charge in [-0.2, -0.15) is 0 Å². The molecule has 1 saturated heterocycles. The lowest BCUT2D eigenvalue weighted by Crippen LogP contribution is -2.33. The monoisotopic (exact) mass is 301 g/mol. The number of primary amides is 1. The molecule has 2 aromatic rings. The highest BCUT2D eigenvalue weighted by Gasteiger charge is 2.28. The fourth-order valence-corrected chi connectivity index (χ4v) is 2.81. The SMILES string of the molecule is Cc1cc(Nc2cccc(C3CCCN3CC(N)=O)n2)no1. The largest absolute Gasteiger partial charge is 0.369 e. The van der Waals surface area contributed by atoms with Crippen LogP contribution in [0.25, 0.3) is 0 Å². The number of rotatable bonds is 5. The van der Waals surface area contributed by atoms with Crippen LogP contribution in [0.5, 0.6) is 0 Å². The van der Waals surface area contributed by atoms with Crippen molar-refractivity contribution in [2.75, 3.05) is 18.4 Å². The van der Waals surface area contributed by atoms with E-state index in [0.717, 1.165) is 30.8 Å². The molecular weight excluding hydrogens is 282 g/mol. The van der Waals surface area contributed by atoms with Gasteiger partial charge in [-0.15, -0.1) is 0 Å². The van der Waals surface area contributed by atoms with E-state index in [9.17, 15) is 4.79 Å². The number of nitrogens with zero attached hydrogens (tertiary/aromatic N) is 3. The first-order valence-corrected chi connectivity index (χ1v) is 7.31. The van der Waals surface area contributed by atoms with Crippen molar-refractivity contribution in [1.29, 1.82) is 0 Å². The summed E-state index contributed by atoms with van der Waals surface area (Å²) in [5.41, 5.74) is 6.25. The van der Waals surface area contributed by atoms with Crippen LogP contribution < -0.4 is 11.1 Å². The molecule has 1 fully saturated rings. The minimum absolute atomic E-state index is 0.133. The van der Waals surface area contributed by atoms with Gasteiger partial charge < -0.3 is 15.6 Å². The van der Waals surface area contributed by atoms with Crippen molar-refractivity contribution < 1.29 is 9.32 Å². The van der Waals surface area contributed by atoms with Crippen LogP contribution in [0.2, 0.25) is 0 Å². The third-order valence-electron chi connectivity index (χ3n) is 3.72. The van der Waals surface area contributed by atoms with Crippen molar-refractivity contribution in [1.82, 2.24) is 15.0 Å². The van der Waals surface area contributed by atoms with E-state index >= 15 is 0 Å². The van der Waals surface area contributed by atoms with Gasteiger partial charge >= 0.3 is 0 Å². The van der Waals surface area contributed by atoms with E-state index in [2.05, 4.69) is 20.4 Å². The normalized spacial score (nSPS) is 18.5. The smallest absolute Gasteiger partial charge is 0.231 e. The number of aryl methyl sites for hydroxylation is 1. The number of anilines is 2. The number of aromatic nitrogens is 2. The highest BCUT2D eigenvalue weighted by Crippen LogP contribution is 2.31. The molecule has 1 atom stereocenters. The summed E-state index contributed by atoms with van der Waals surface area (Å²) in [5, 5.41) is 7.01. The molecule has 3 N–H and O–H groups in total. The van der Waals surface area contributed by atoms with Gasteiger partial charge in [0.1, 0.15) is 11.6 Å². The lowest BCUT2D eigenvalue weighted by Gasteiger charge is -2.22. The average Bonchev–Trinajstić information content (AvgIpc) is 3.08. The minimum Gasteiger partial charge on any atom is -0.369 e. The van der Waals surface area contributed by atoms with Crippen LogP contribution in [0.3, 0.4) is 0 Å². The molecule has 7 nitrogen and oxygen atoms in total. The standard InChI is InChI=1S/C15H19N5O2/c1-10-8-15(19-22-10)18-14-6-2-4-11(17-14)12-5-3-7-20(12)9-13(16)21/h2,4,6,8,12H,3,5,7,9H2,1H3,(H2,16,21)(H,17,18,19). The molecule has 1 aliphatic rings. The number of nitrogens with two attached hydrogens (primary N) is 1. The summed E-state index contributed by atoms with van der Waals surface area (Å²) in [6, 6.07) is 7.74. The second-order valence-electron chi connectivity index (χ2n) is 5.49. The van der Waals surface area contributed by atoms with Crippen LogP contribution in [0.1, 0.15) is 30.3 Å². The molecule has 22 heavy (non-hydrogen) atoms. The molecule has 0 saturated carbocycles. The highest BCUT2D eigenvalue weighted by atomic mass is 16.5. The van der Waals surface area contributed by atoms with Crippen LogP contribution in [0.15, 0.2) is 28.8 Å². The molecule has 1 unspecified atom stereocenters. The first kappa shape index (κ1) is 14.5. The number of pyridine rings is 1. The second-order valence-corrected chi connectivity index (χ2v) is 5.49. The second kappa shape index (κ2) is 6.15. The zero-order valence-electron chi connectivity index (χ0n) is 12.5. The number of carbonyl (C=O) groups is 1. The zero-order chi connectivity index (χ0) is 15.5. The maximum atomic E-state index is 11.2. The van der Waals surface area contributed by atoms with Gasteiger partial charge in [0, 0.05) is 6.07 Å². The Morgan fingerprint density at radius 1 is 1.50 bits per heavy atom. The summed E-state index contributed by atoms with van der Waals surface area (Å²) in [5.74, 6) is 1.76. The van der Waals surface area contributed by atoms with E-state index in [1.54, 1.807) is 0 Å². The number of likely N-dealkylation sites (tertiary alicyclic amines) is 1. The Balaban J connectivity index is 1.77. The molecule has 2 aromatic heterocycles. The molecular formula is C15H19N5O2. The van der Waals surface area contributed by atoms with Gasteiger partial charge in [-0.05, 0) is 38.4 Å². The van der Waals surface area contributed by atoms with E-state index in [4.69, 9.17) is 10.3 Å². The Kier molecular flexibility index (Phi) is 4.06. The van der Waals surface area contributed by atoms with E-state index in [0.29, 0.717) is 11.6 Å². The lowest BCUT2D eigenvalue weighted by molar-refractivity contribution is -0.119. The summed E-state index contributed by atoms with van der Waals surface area (Å²) < 4.78 is 5.03. The van der Waals surface area contributed by atoms with Crippen molar-refractivity contribution in [3.8, 4) is 0 Å². The van der Waals surface area contributed by atoms with Crippen molar-refractivity contribution in [3.05, 3.63) is 35.7 Å². The maximum Gasteiger partial charge on any atom is 0.231 e. The summed E-state index contributed by atoms with van der Waals surface area (Å²) in [4.78, 5) is 17.9. The van der Waals surface area contributed by atoms with E-state index in [1.807, 2.05) is 31.2 Å². The Morgan fingerprint density at radius 2 is 2.36 bits per heavy atom. The van der Waals surface area contributed by atoms with E-state index in [1.165, 1.54) is 0 Å². The van der Waals surface area contributed by atoms with E-state index in [-0.39, 0.29) is 18.5 Å². The van der Waals surface area contributed by atoms with Gasteiger partial charge in [-0.3, -0.25) is 9.69 Å². The predicted molar refractivity (Wildman–Crippen MR) is 81.5 cm³/mol. The van der Waals surface area contributed by atoms with E-state index < -0.39 is 0 Å². The highest BCUT2D eigenvalue weighted by molar-refractivity contribution is 5.76. The Bertz CT molecular complexity index is 669. The average molecular weight is 301 g/mol. The molecule has 0 aliphatic carbocycles. The quantitative estimate of drug-likeness (QED) is 0.873. The first-order chi connectivity index (χ1) is 10.6. The number of amides is 1. The van der Waals surface area contributed by atoms with Gasteiger partial charge in [0.05, 0.1) is 18.3 Å². The summed E-state index contributed by atoms with van der Waals surface area (Å²) in [7, 11) is 0. The minimum atomic E-state index is -0.306. The fraction of sp³-hybridized carbons (Fsp3) is 0.400. The predicted octanol–water partition coefficient (Wildman–Crippen LogP) is 1.74. The van der Waals surface area contributed by atoms with Crippen LogP contribution in [-0.2, 0) is 4.79 Å². The number of hydrogen-bond donors (Lipinski definition) is 2. The summed E-state index contributed by atoms with van der Waals surface area (Å²) >= 11 is 0. The molecule has 1 aliphatic heterocycles. The molecule has 1 amide bonds. The van der Waals surface area contributed by atoms with Crippen LogP contribution in [0, 0.1) is 6.92 Å². The molecule has 0 bridgehead atoms. The van der Waals surface area contributed by atoms with Gasteiger partial charge in [-0.25, -0.2) is 4.98 Å². The van der Waals surface area contributed by atoms with Gasteiger partial charge in [0.15, 0.2) is 5.82 Å². The van der Waals surface area contributed by atoms with Crippen molar-refractivity contribution in [3.63, 3.8) is 0 Å². The Labute approximate surface area is 128 Å². The molecule has 0 radical (unpaired) electrons. The first-order valence-electron chi connectivity index (χ1n) is 7.31. The zero-order valence-corrected chi connectivity index (χ0v) is 12.5. The lowest BCUT2D eigenvalue weighted by atomic mass is 10.1. The van der Waals surface area contributed by atoms with Crippen LogP contribution >= 0.6 is 0 Å². The molecule has 3 heterocycles. The Hall–Kier alpha value is -2.41. The number of hydrogen-bond acceptors (Lipinski definition) is 6. The van der Waals surface area contributed by atoms with Gasteiger partial charge in [0.2, 0.25) is 5.91 Å². The number of carbonyl (C=O) groups excluding carboxylic acids is 1. The molecule has 3 rings (SSSR count). The topological polar surface area (TPSA) is 97.3 Å². The van der Waals surface area contributed by atoms with Crippen LogP contribution in [-0.4, -0.2) is 34.0 Å². The van der Waals surface area contributed by atoms with Crippen molar-refractivity contribution >= 4 is 17.5 Å². The van der Waals surface area contributed by atoms with Gasteiger partial charge in [-0.1, -0.05) is 11.2 Å². The van der Waals surface area contributed by atoms with Crippen molar-refractivity contribution in [2.45, 2.75) is 25.8 Å². The Morgan fingerprint density at radius 3 is 3.09 bits per heavy atom. The maximum absolute atomic E-state index is 11.2. The van der Waals surface area contributed by atoms with Crippen LogP contribution in [0.4, 0.5) is 11.6 Å². The molecule has 116 valence electrons. The van der Waals surface area contributed by atoms with Gasteiger partial charge in [0.25, 0.3) is 0 Å². The number of nitrogens with one attached hydrogen (secondary N) is 1. The van der Waals surface area contributed by atoms with Crippen molar-refractivity contribution in [2.24, 2.45) is 5.73 Å². The molecule has 0 spiro atoms. The molecule has 7 heteroatoms. The molecule has 0 aromatic carbocycles. The third-order valence-corrected chi connectivity index (χ3v) is 3.72. The summed E-state index contributed by atoms with van der Waals surface area (Å²) in [6.45, 7) is 2.98. The summed E-state index contributed by atoms with van der Waals surface area (Å²) in [6.07, 6.45) is 2.02. The third kappa shape index (κ3) is 3.25. The fourth-order valence-electron chi connectivity index (χ4n) is 2.81.